The van der Waals surface area contributed by atoms with Gasteiger partial charge in [-0.1, -0.05) is 44.2 Å². The molecule has 0 N–H and O–H groups in total. The average molecular weight is 811 g/mol. The van der Waals surface area contributed by atoms with Crippen LogP contribution in [0.5, 0.6) is 0 Å². The zero-order valence-corrected chi connectivity index (χ0v) is 37.0. The first-order valence-corrected chi connectivity index (χ1v) is 21.0. The molecule has 2 aliphatic heterocycles. The molecule has 1 aliphatic carbocycles. The maximum atomic E-state index is 13.4. The third-order valence-electron chi connectivity index (χ3n) is 10.9. The number of anilines is 1. The summed E-state index contributed by atoms with van der Waals surface area (Å²) in [5.41, 5.74) is 6.74. The van der Waals surface area contributed by atoms with Crippen LogP contribution in [0.4, 0.5) is 11.4 Å². The minimum Gasteiger partial charge on any atom is -0.744 e. The summed E-state index contributed by atoms with van der Waals surface area (Å²) in [5, 5.41) is 17.4. The molecule has 3 aliphatic rings. The summed E-state index contributed by atoms with van der Waals surface area (Å²) in [7, 11) is -4.20. The molecule has 4 aromatic carbocycles. The third kappa shape index (κ3) is 7.07. The summed E-state index contributed by atoms with van der Waals surface area (Å²) in [4.78, 5) is 2.96. The third-order valence-corrected chi connectivity index (χ3v) is 13.5. The number of rotatable bonds is 8. The van der Waals surface area contributed by atoms with Crippen LogP contribution in [0.1, 0.15) is 51.7 Å². The van der Waals surface area contributed by atoms with Crippen molar-refractivity contribution in [2.24, 2.45) is 0 Å². The molecule has 0 unspecified atom stereocenters. The molecule has 0 fully saturated rings. The predicted octanol–water partition coefficient (Wildman–Crippen LogP) is 4.02. The maximum absolute atomic E-state index is 13.4. The second kappa shape index (κ2) is 14.8. The molecule has 0 saturated carbocycles. The Kier molecular flexibility index (Phi) is 11.3. The Morgan fingerprint density at radius 1 is 0.852 bits per heavy atom. The number of hydrogen-bond donors (Lipinski definition) is 0. The molecule has 276 valence electrons. The Hall–Kier alpha value is -2.44. The van der Waals surface area contributed by atoms with E-state index in [0.717, 1.165) is 78.2 Å². The Morgan fingerprint density at radius 3 is 2.20 bits per heavy atom. The van der Waals surface area contributed by atoms with Gasteiger partial charge in [-0.15, -0.1) is 0 Å². The molecule has 0 bridgehead atoms. The molecule has 4 aromatic rings. The largest absolute Gasteiger partial charge is 1.00 e. The average Bonchev–Trinajstić information content (AvgIpc) is 3.66. The van der Waals surface area contributed by atoms with Gasteiger partial charge in [0, 0.05) is 52.7 Å². The number of likely N-dealkylation sites (N-methyl/N-ethyl adjacent to an activating group) is 1. The number of fused-ring (bicyclic) bond motifs is 6. The summed E-state index contributed by atoms with van der Waals surface area (Å²) in [6.07, 6.45) is 10.3. The zero-order valence-electron chi connectivity index (χ0n) is 31.4. The van der Waals surface area contributed by atoms with Crippen LogP contribution in [0.15, 0.2) is 117 Å². The number of hydrogen-bond acceptors (Lipinski definition) is 10. The van der Waals surface area contributed by atoms with E-state index in [4.69, 9.17) is 0 Å². The summed E-state index contributed by atoms with van der Waals surface area (Å²) in [6.45, 7) is 8.49. The molecule has 0 saturated heterocycles. The van der Waals surface area contributed by atoms with Gasteiger partial charge in [0.25, 0.3) is 0 Å². The molecule has 0 aromatic heterocycles. The van der Waals surface area contributed by atoms with Crippen LogP contribution in [0.25, 0.3) is 21.5 Å². The Bertz CT molecular complexity index is 2640. The molecule has 0 atom stereocenters. The molecule has 0 amide bonds. The van der Waals surface area contributed by atoms with Crippen LogP contribution in [0.3, 0.4) is 0 Å². The number of sulfone groups is 1. The maximum Gasteiger partial charge on any atom is 1.00 e. The second-order valence-corrected chi connectivity index (χ2v) is 18.9. The van der Waals surface area contributed by atoms with Crippen LogP contribution >= 0.6 is 12.0 Å². The van der Waals surface area contributed by atoms with Gasteiger partial charge in [0.05, 0.1) is 27.3 Å². The van der Waals surface area contributed by atoms with Gasteiger partial charge in [-0.25, -0.2) is 16.8 Å². The van der Waals surface area contributed by atoms with Gasteiger partial charge < -0.3 is 14.7 Å². The quantitative estimate of drug-likeness (QED) is 0.0641. The van der Waals surface area contributed by atoms with E-state index in [1.165, 1.54) is 18.4 Å². The Morgan fingerprint density at radius 2 is 1.52 bits per heavy atom. The molecular weight excluding hydrogens is 772 g/mol. The number of nitrogens with zero attached hydrogens (tertiary/aromatic N) is 2. The van der Waals surface area contributed by atoms with Crippen molar-refractivity contribution in [3.8, 4) is 0 Å². The van der Waals surface area contributed by atoms with Crippen molar-refractivity contribution >= 4 is 70.6 Å². The molecule has 10 nitrogen and oxygen atoms in total. The second-order valence-electron chi connectivity index (χ2n) is 14.8. The van der Waals surface area contributed by atoms with Crippen LogP contribution in [-0.2, 0) is 40.2 Å². The first-order chi connectivity index (χ1) is 24.9. The first-order valence-electron chi connectivity index (χ1n) is 17.0. The molecule has 0 radical (unpaired) electrons. The Labute approximate surface area is 363 Å². The van der Waals surface area contributed by atoms with E-state index in [-0.39, 0.29) is 56.3 Å². The van der Waals surface area contributed by atoms with Crippen molar-refractivity contribution in [2.45, 2.75) is 61.2 Å². The molecule has 14 heteroatoms. The van der Waals surface area contributed by atoms with E-state index in [1.54, 1.807) is 6.07 Å². The number of benzene rings is 4. The van der Waals surface area contributed by atoms with Crippen molar-refractivity contribution in [2.75, 3.05) is 25.3 Å². The zero-order chi connectivity index (χ0) is 38.2. The van der Waals surface area contributed by atoms with Gasteiger partial charge in [-0.3, -0.25) is 5.04 Å². The molecular formula is C40H39KN2O8S3. The van der Waals surface area contributed by atoms with Crippen molar-refractivity contribution in [3.63, 3.8) is 0 Å². The van der Waals surface area contributed by atoms with Gasteiger partial charge in [-0.2, -0.15) is 8.91 Å². The summed E-state index contributed by atoms with van der Waals surface area (Å²) >= 11 is 0.851. The van der Waals surface area contributed by atoms with Crippen LogP contribution in [0.2, 0.25) is 0 Å². The summed E-state index contributed by atoms with van der Waals surface area (Å²) in [6, 6.07) is 18.1. The van der Waals surface area contributed by atoms with E-state index in [9.17, 15) is 26.6 Å². The van der Waals surface area contributed by atoms with Crippen LogP contribution < -0.4 is 61.5 Å². The Balaban J connectivity index is 0.00000497. The van der Waals surface area contributed by atoms with Crippen molar-refractivity contribution in [3.05, 3.63) is 118 Å². The van der Waals surface area contributed by atoms with Crippen molar-refractivity contribution < 1.29 is 92.0 Å². The van der Waals surface area contributed by atoms with Gasteiger partial charge in [0.2, 0.25) is 5.69 Å². The molecule has 0 spiro atoms. The first kappa shape index (κ1) is 41.2. The normalized spacial score (nSPS) is 19.5. The number of allylic oxidation sites excluding steroid dienone is 7. The van der Waals surface area contributed by atoms with E-state index in [2.05, 4.69) is 52.6 Å². The standard InChI is InChI=1S/C40H40N2O8S3.K/c1-39(2)34(41(5)32-18-10-26-22-28(51-50-49-43)14-16-30(26)36(32)39)20-12-24-8-9-25(38(24)52(7,44)45)13-21-35-40(3,4)37-31-17-15-29(53(46,47)48)23-27(31)11-19-33(37)42(35)6;/h10-23H,8-9H2,1-7H3,(H-,43,46,47,48);/q;+1/p-1. The van der Waals surface area contributed by atoms with Gasteiger partial charge in [0.1, 0.15) is 17.2 Å². The minimum absolute atomic E-state index is 0. The summed E-state index contributed by atoms with van der Waals surface area (Å²) < 4.78 is 68.5. The fourth-order valence-corrected chi connectivity index (χ4v) is 10.8. The van der Waals surface area contributed by atoms with Gasteiger partial charge in [-0.05, 0) is 107 Å². The fourth-order valence-electron chi connectivity index (χ4n) is 8.58. The monoisotopic (exact) mass is 810 g/mol. The topological polar surface area (TPSA) is 139 Å². The van der Waals surface area contributed by atoms with Crippen molar-refractivity contribution in [1.29, 1.82) is 0 Å². The van der Waals surface area contributed by atoms with Crippen LogP contribution in [-0.4, -0.2) is 52.0 Å². The van der Waals surface area contributed by atoms with E-state index in [0.29, 0.717) is 23.1 Å². The van der Waals surface area contributed by atoms with E-state index >= 15 is 0 Å². The molecule has 2 heterocycles. The molecule has 54 heavy (non-hydrogen) atoms. The van der Waals surface area contributed by atoms with E-state index in [1.807, 2.05) is 74.8 Å². The van der Waals surface area contributed by atoms with Crippen LogP contribution in [0, 0.1) is 0 Å². The minimum atomic E-state index is -4.60. The fraction of sp³-hybridized carbons (Fsp3) is 0.275. The smallest absolute Gasteiger partial charge is 0.744 e. The van der Waals surface area contributed by atoms with Gasteiger partial charge in [0.15, 0.2) is 15.5 Å². The van der Waals surface area contributed by atoms with Gasteiger partial charge >= 0.3 is 51.4 Å². The predicted molar refractivity (Wildman–Crippen MR) is 206 cm³/mol. The van der Waals surface area contributed by atoms with E-state index < -0.39 is 30.8 Å². The molecule has 7 rings (SSSR count). The SMILES string of the molecule is CN1C(=C/C=C2\CCC(C=CC3=[N+](C)c4ccc5cc(S(=O)(=O)[O-])ccc5c4C3(C)C)=C2S(C)(=O)=O)C(C)(C)c2c1ccc1cc(SOO[O-])ccc21.[K+]. The summed E-state index contributed by atoms with van der Waals surface area (Å²) in [5.74, 6) is 0. The van der Waals surface area contributed by atoms with Crippen molar-refractivity contribution in [1.82, 2.24) is 0 Å².